The molecule has 9 nitrogen and oxygen atoms in total. The Labute approximate surface area is 207 Å². The number of hydrogen-bond acceptors (Lipinski definition) is 5. The summed E-state index contributed by atoms with van der Waals surface area (Å²) in [7, 11) is 0. The van der Waals surface area contributed by atoms with E-state index in [4.69, 9.17) is 0 Å². The van der Waals surface area contributed by atoms with Crippen LogP contribution in [0.1, 0.15) is 52.4 Å². The first kappa shape index (κ1) is 26.2. The molecule has 0 bridgehead atoms. The average molecular weight is 512 g/mol. The summed E-state index contributed by atoms with van der Waals surface area (Å²) in [5.74, 6) is -4.34. The second kappa shape index (κ2) is 9.56. The highest BCUT2D eigenvalue weighted by atomic mass is 19.4. The number of alkyl halides is 3. The summed E-state index contributed by atoms with van der Waals surface area (Å²) in [6.07, 6.45) is -2.35. The van der Waals surface area contributed by atoms with Crippen molar-refractivity contribution in [1.82, 2.24) is 20.9 Å². The van der Waals surface area contributed by atoms with Crippen LogP contribution in [0.15, 0.2) is 0 Å². The van der Waals surface area contributed by atoms with Gasteiger partial charge in [0.05, 0.1) is 12.5 Å². The number of rotatable bonds is 8. The molecule has 2 saturated heterocycles. The Bertz CT molecular complexity index is 974. The van der Waals surface area contributed by atoms with Crippen LogP contribution in [0.5, 0.6) is 0 Å². The van der Waals surface area contributed by atoms with Gasteiger partial charge < -0.3 is 20.9 Å². The van der Waals surface area contributed by atoms with E-state index in [0.29, 0.717) is 25.8 Å². The zero-order valence-corrected chi connectivity index (χ0v) is 20.4. The summed E-state index contributed by atoms with van der Waals surface area (Å²) in [4.78, 5) is 52.0. The lowest BCUT2D eigenvalue weighted by molar-refractivity contribution is -0.175. The molecule has 36 heavy (non-hydrogen) atoms. The molecular formula is C24H32F3N5O4. The molecule has 0 aromatic heterocycles. The number of carbonyl (C=O) groups is 4. The average Bonchev–Trinajstić information content (AvgIpc) is 3.66. The summed E-state index contributed by atoms with van der Waals surface area (Å²) in [5.41, 5.74) is -0.225. The predicted molar refractivity (Wildman–Crippen MR) is 119 cm³/mol. The van der Waals surface area contributed by atoms with E-state index in [0.717, 1.165) is 6.42 Å². The third kappa shape index (κ3) is 5.15. The number of amides is 4. The second-order valence-corrected chi connectivity index (χ2v) is 11.1. The van der Waals surface area contributed by atoms with Crippen molar-refractivity contribution in [2.75, 3.05) is 13.1 Å². The number of hydrogen-bond donors (Lipinski definition) is 3. The summed E-state index contributed by atoms with van der Waals surface area (Å²) < 4.78 is 38.7. The topological polar surface area (TPSA) is 131 Å². The van der Waals surface area contributed by atoms with Gasteiger partial charge in [0.1, 0.15) is 12.1 Å². The molecule has 4 aliphatic rings. The fourth-order valence-corrected chi connectivity index (χ4v) is 6.02. The van der Waals surface area contributed by atoms with Gasteiger partial charge in [0.25, 0.3) is 0 Å². The number of halogens is 3. The third-order valence-electron chi connectivity index (χ3n) is 8.32. The van der Waals surface area contributed by atoms with Crippen LogP contribution in [-0.4, -0.2) is 65.9 Å². The highest BCUT2D eigenvalue weighted by Crippen LogP contribution is 2.65. The zero-order valence-electron chi connectivity index (χ0n) is 20.4. The fourth-order valence-electron chi connectivity index (χ4n) is 6.02. The molecule has 4 amide bonds. The van der Waals surface area contributed by atoms with E-state index in [9.17, 15) is 37.6 Å². The summed E-state index contributed by atoms with van der Waals surface area (Å²) in [5, 5.41) is 16.8. The minimum absolute atomic E-state index is 0.00825. The van der Waals surface area contributed by atoms with Gasteiger partial charge in [-0.15, -0.1) is 0 Å². The van der Waals surface area contributed by atoms with Crippen LogP contribution in [0.2, 0.25) is 0 Å². The molecular weight excluding hydrogens is 479 g/mol. The van der Waals surface area contributed by atoms with Crippen molar-refractivity contribution < 1.29 is 32.3 Å². The van der Waals surface area contributed by atoms with Crippen LogP contribution in [0.4, 0.5) is 13.2 Å². The molecule has 3 N–H and O–H groups in total. The molecule has 2 saturated carbocycles. The molecule has 0 unspecified atom stereocenters. The van der Waals surface area contributed by atoms with Crippen molar-refractivity contribution in [3.8, 4) is 6.07 Å². The van der Waals surface area contributed by atoms with Gasteiger partial charge >= 0.3 is 12.1 Å². The van der Waals surface area contributed by atoms with Crippen molar-refractivity contribution in [1.29, 1.82) is 5.26 Å². The quantitative estimate of drug-likeness (QED) is 0.451. The third-order valence-corrected chi connectivity index (χ3v) is 8.32. The standard InChI is InChI=1S/C24H32F3N5O4/c1-23(2)15-11-32(21(35)17(12-5-6-12)31-22(36)24(25,26)27)18(16(15)23)20(34)30-14(7-8-28)10-13-4-3-9-29-19(13)33/h12-18H,3-7,9-11H2,1-2H3,(H,29,33)(H,30,34)(H,31,36)/t13-,14+,15-,16-,17-,18-/m0/s1. The lowest BCUT2D eigenvalue weighted by atomic mass is 9.90. The lowest BCUT2D eigenvalue weighted by Gasteiger charge is -2.34. The Kier molecular flexibility index (Phi) is 6.96. The fraction of sp³-hybridized carbons (Fsp3) is 0.792. The van der Waals surface area contributed by atoms with Gasteiger partial charge in [-0.2, -0.15) is 18.4 Å². The molecule has 0 aromatic rings. The Morgan fingerprint density at radius 3 is 2.50 bits per heavy atom. The lowest BCUT2D eigenvalue weighted by Crippen LogP contribution is -2.58. The summed E-state index contributed by atoms with van der Waals surface area (Å²) >= 11 is 0. The number of nitrogens with zero attached hydrogens (tertiary/aromatic N) is 2. The maximum Gasteiger partial charge on any atom is 0.471 e. The van der Waals surface area contributed by atoms with Gasteiger partial charge in [-0.1, -0.05) is 13.8 Å². The van der Waals surface area contributed by atoms with E-state index in [1.54, 1.807) is 0 Å². The Morgan fingerprint density at radius 2 is 1.92 bits per heavy atom. The van der Waals surface area contributed by atoms with E-state index >= 15 is 0 Å². The summed E-state index contributed by atoms with van der Waals surface area (Å²) in [6.45, 7) is 4.77. The SMILES string of the molecule is CC1(C)[C@@H]2[C@@H](C(=O)N[C@H](CC#N)C[C@@H]3CCCNC3=O)N(C(=O)[C@@H](NC(=O)C(F)(F)F)C3CC3)C[C@@H]21. The van der Waals surface area contributed by atoms with E-state index in [-0.39, 0.29) is 48.5 Å². The summed E-state index contributed by atoms with van der Waals surface area (Å²) in [6, 6.07) is -0.814. The van der Waals surface area contributed by atoms with Crippen LogP contribution in [0, 0.1) is 40.4 Å². The Morgan fingerprint density at radius 1 is 1.22 bits per heavy atom. The molecule has 0 spiro atoms. The maximum atomic E-state index is 13.5. The molecule has 6 atom stereocenters. The molecule has 2 aliphatic heterocycles. The van der Waals surface area contributed by atoms with Gasteiger partial charge in [0, 0.05) is 25.0 Å². The van der Waals surface area contributed by atoms with E-state index < -0.39 is 47.9 Å². The van der Waals surface area contributed by atoms with Gasteiger partial charge in [-0.25, -0.2) is 0 Å². The first-order valence-corrected chi connectivity index (χ1v) is 12.5. The number of fused-ring (bicyclic) bond motifs is 1. The molecule has 12 heteroatoms. The van der Waals surface area contributed by atoms with Crippen molar-refractivity contribution in [3.05, 3.63) is 0 Å². The van der Waals surface area contributed by atoms with E-state index in [1.165, 1.54) is 4.90 Å². The Hall–Kier alpha value is -2.84. The Balaban J connectivity index is 1.50. The van der Waals surface area contributed by atoms with Crippen LogP contribution >= 0.6 is 0 Å². The van der Waals surface area contributed by atoms with Gasteiger partial charge in [0.2, 0.25) is 17.7 Å². The minimum Gasteiger partial charge on any atom is -0.356 e. The minimum atomic E-state index is -5.12. The van der Waals surface area contributed by atoms with E-state index in [1.807, 2.05) is 25.2 Å². The first-order chi connectivity index (χ1) is 16.9. The highest BCUT2D eigenvalue weighted by molar-refractivity contribution is 5.94. The number of carbonyl (C=O) groups excluding carboxylic acids is 4. The monoisotopic (exact) mass is 511 g/mol. The molecule has 0 radical (unpaired) electrons. The van der Waals surface area contributed by atoms with Crippen LogP contribution < -0.4 is 16.0 Å². The molecule has 4 fully saturated rings. The second-order valence-electron chi connectivity index (χ2n) is 11.1. The molecule has 2 heterocycles. The number of piperidine rings is 2. The number of nitrogens with one attached hydrogen (secondary N) is 3. The number of nitriles is 1. The predicted octanol–water partition coefficient (Wildman–Crippen LogP) is 1.24. The normalized spacial score (nSPS) is 30.3. The van der Waals surface area contributed by atoms with Crippen LogP contribution in [-0.2, 0) is 19.2 Å². The van der Waals surface area contributed by atoms with Gasteiger partial charge in [-0.05, 0) is 55.3 Å². The van der Waals surface area contributed by atoms with Gasteiger partial charge in [0.15, 0.2) is 0 Å². The maximum absolute atomic E-state index is 13.5. The van der Waals surface area contributed by atoms with Crippen LogP contribution in [0.25, 0.3) is 0 Å². The van der Waals surface area contributed by atoms with Crippen molar-refractivity contribution in [2.24, 2.45) is 29.1 Å². The van der Waals surface area contributed by atoms with Crippen molar-refractivity contribution >= 4 is 23.6 Å². The largest absolute Gasteiger partial charge is 0.471 e. The van der Waals surface area contributed by atoms with Gasteiger partial charge in [-0.3, -0.25) is 19.2 Å². The highest BCUT2D eigenvalue weighted by Gasteiger charge is 2.70. The number of likely N-dealkylation sites (tertiary alicyclic amines) is 1. The molecule has 4 rings (SSSR count). The van der Waals surface area contributed by atoms with E-state index in [2.05, 4.69) is 10.6 Å². The van der Waals surface area contributed by atoms with Crippen molar-refractivity contribution in [3.63, 3.8) is 0 Å². The smallest absolute Gasteiger partial charge is 0.356 e. The molecule has 2 aliphatic carbocycles. The zero-order chi connectivity index (χ0) is 26.4. The van der Waals surface area contributed by atoms with Crippen LogP contribution in [0.3, 0.4) is 0 Å². The van der Waals surface area contributed by atoms with Crippen molar-refractivity contribution in [2.45, 2.75) is 76.7 Å². The molecule has 198 valence electrons. The molecule has 0 aromatic carbocycles. The first-order valence-electron chi connectivity index (χ1n) is 12.5.